The molecule has 0 saturated carbocycles. The summed E-state index contributed by atoms with van der Waals surface area (Å²) in [5.41, 5.74) is 4.46. The number of hydrogen-bond acceptors (Lipinski definition) is 2. The Morgan fingerprint density at radius 1 is 0.767 bits per heavy atom. The van der Waals surface area contributed by atoms with E-state index < -0.39 is 6.10 Å². The van der Waals surface area contributed by atoms with Crippen LogP contribution in [0.15, 0.2) is 103 Å². The first-order chi connectivity index (χ1) is 14.6. The molecular weight excluding hydrogens is 394 g/mol. The fourth-order valence-electron chi connectivity index (χ4n) is 3.33. The van der Waals surface area contributed by atoms with Gasteiger partial charge < -0.3 is 10.4 Å². The molecule has 1 amide bonds. The molecule has 4 aromatic carbocycles. The van der Waals surface area contributed by atoms with Gasteiger partial charge in [-0.1, -0.05) is 84.4 Å². The van der Waals surface area contributed by atoms with E-state index in [1.54, 1.807) is 30.3 Å². The van der Waals surface area contributed by atoms with Crippen molar-refractivity contribution in [3.05, 3.63) is 125 Å². The molecule has 0 aliphatic carbocycles. The number of carbonyl (C=O) groups excluding carboxylic acids is 1. The summed E-state index contributed by atoms with van der Waals surface area (Å²) in [4.78, 5) is 12.8. The highest BCUT2D eigenvalue weighted by Gasteiger charge is 2.17. The van der Waals surface area contributed by atoms with E-state index in [-0.39, 0.29) is 5.91 Å². The van der Waals surface area contributed by atoms with Gasteiger partial charge in [0, 0.05) is 21.8 Å². The number of carbonyl (C=O) groups is 1. The molecule has 4 heteroatoms. The van der Waals surface area contributed by atoms with Crippen LogP contribution < -0.4 is 5.32 Å². The zero-order chi connectivity index (χ0) is 20.9. The highest BCUT2D eigenvalue weighted by atomic mass is 35.5. The molecule has 30 heavy (non-hydrogen) atoms. The van der Waals surface area contributed by atoms with E-state index in [4.69, 9.17) is 11.6 Å². The number of hydrogen-bond donors (Lipinski definition) is 2. The van der Waals surface area contributed by atoms with Crippen molar-refractivity contribution < 1.29 is 9.90 Å². The Labute approximate surface area is 180 Å². The number of aliphatic hydroxyl groups excluding tert-OH is 1. The maximum Gasteiger partial charge on any atom is 0.255 e. The van der Waals surface area contributed by atoms with Gasteiger partial charge in [-0.2, -0.15) is 0 Å². The molecule has 0 heterocycles. The van der Waals surface area contributed by atoms with Gasteiger partial charge in [0.15, 0.2) is 0 Å². The summed E-state index contributed by atoms with van der Waals surface area (Å²) in [7, 11) is 0. The minimum Gasteiger partial charge on any atom is -0.384 e. The van der Waals surface area contributed by atoms with Crippen LogP contribution in [0.1, 0.15) is 27.6 Å². The molecule has 0 aliphatic rings. The van der Waals surface area contributed by atoms with Crippen molar-refractivity contribution >= 4 is 23.2 Å². The Bertz CT molecular complexity index is 1140. The molecule has 0 radical (unpaired) electrons. The first-order valence-electron chi connectivity index (χ1n) is 9.61. The van der Waals surface area contributed by atoms with Crippen LogP contribution in [0.4, 0.5) is 5.69 Å². The summed E-state index contributed by atoms with van der Waals surface area (Å²) in [6.07, 6.45) is -0.902. The van der Waals surface area contributed by atoms with Crippen molar-refractivity contribution in [1.82, 2.24) is 0 Å². The lowest BCUT2D eigenvalue weighted by Gasteiger charge is -2.17. The molecule has 0 spiro atoms. The van der Waals surface area contributed by atoms with E-state index in [2.05, 4.69) is 5.32 Å². The molecule has 0 unspecified atom stereocenters. The SMILES string of the molecule is O=C(Nc1ccc(Cl)cc1[C@@H](O)c1ccccc1)c1ccc(-c2ccccc2)cc1. The van der Waals surface area contributed by atoms with Crippen molar-refractivity contribution in [2.24, 2.45) is 0 Å². The number of benzene rings is 4. The maximum atomic E-state index is 12.8. The zero-order valence-corrected chi connectivity index (χ0v) is 16.9. The number of anilines is 1. The summed E-state index contributed by atoms with van der Waals surface area (Å²) in [6, 6.07) is 31.8. The summed E-state index contributed by atoms with van der Waals surface area (Å²) in [5, 5.41) is 14.2. The van der Waals surface area contributed by atoms with E-state index in [1.165, 1.54) is 0 Å². The molecule has 2 N–H and O–H groups in total. The Morgan fingerprint density at radius 3 is 2.03 bits per heavy atom. The second-order valence-electron chi connectivity index (χ2n) is 6.94. The standard InChI is InChI=1S/C26H20ClNO2/c27-22-15-16-24(23(17-22)25(29)20-9-5-2-6-10-20)28-26(30)21-13-11-19(12-14-21)18-7-3-1-4-8-18/h1-17,25,29H,(H,28,30)/t25-/m0/s1. The lowest BCUT2D eigenvalue weighted by Crippen LogP contribution is -2.14. The molecular formula is C26H20ClNO2. The quantitative estimate of drug-likeness (QED) is 0.401. The summed E-state index contributed by atoms with van der Waals surface area (Å²) >= 11 is 6.15. The van der Waals surface area contributed by atoms with Gasteiger partial charge in [-0.3, -0.25) is 4.79 Å². The topological polar surface area (TPSA) is 49.3 Å². The summed E-state index contributed by atoms with van der Waals surface area (Å²) in [6.45, 7) is 0. The molecule has 4 aromatic rings. The Kier molecular flexibility index (Phi) is 5.94. The second kappa shape index (κ2) is 8.95. The molecule has 0 aliphatic heterocycles. The van der Waals surface area contributed by atoms with Crippen LogP contribution in [0.5, 0.6) is 0 Å². The van der Waals surface area contributed by atoms with E-state index >= 15 is 0 Å². The number of rotatable bonds is 5. The van der Waals surface area contributed by atoms with Crippen LogP contribution in [-0.4, -0.2) is 11.0 Å². The van der Waals surface area contributed by atoms with Crippen molar-refractivity contribution in [2.45, 2.75) is 6.10 Å². The van der Waals surface area contributed by atoms with Crippen molar-refractivity contribution in [3.8, 4) is 11.1 Å². The number of nitrogens with one attached hydrogen (secondary N) is 1. The van der Waals surface area contributed by atoms with Gasteiger partial charge >= 0.3 is 0 Å². The van der Waals surface area contributed by atoms with Gasteiger partial charge in [0.05, 0.1) is 0 Å². The molecule has 3 nitrogen and oxygen atoms in total. The maximum absolute atomic E-state index is 12.8. The molecule has 1 atom stereocenters. The lowest BCUT2D eigenvalue weighted by atomic mass is 9.99. The van der Waals surface area contributed by atoms with Crippen molar-refractivity contribution in [2.75, 3.05) is 5.32 Å². The van der Waals surface area contributed by atoms with Crippen LogP contribution in [-0.2, 0) is 0 Å². The van der Waals surface area contributed by atoms with Gasteiger partial charge in [0.1, 0.15) is 6.10 Å². The van der Waals surface area contributed by atoms with Gasteiger partial charge in [-0.05, 0) is 47.0 Å². The molecule has 0 saturated heterocycles. The third kappa shape index (κ3) is 4.43. The predicted octanol–water partition coefficient (Wildman–Crippen LogP) is 6.34. The van der Waals surface area contributed by atoms with E-state index in [9.17, 15) is 9.90 Å². The summed E-state index contributed by atoms with van der Waals surface area (Å²) < 4.78 is 0. The van der Waals surface area contributed by atoms with E-state index in [1.807, 2.05) is 72.8 Å². The summed E-state index contributed by atoms with van der Waals surface area (Å²) in [5.74, 6) is -0.251. The first-order valence-corrected chi connectivity index (χ1v) is 9.99. The Hall–Kier alpha value is -3.40. The minimum absolute atomic E-state index is 0.251. The average molecular weight is 414 g/mol. The third-order valence-electron chi connectivity index (χ3n) is 4.93. The van der Waals surface area contributed by atoms with Crippen LogP contribution >= 0.6 is 11.6 Å². The molecule has 148 valence electrons. The largest absolute Gasteiger partial charge is 0.384 e. The van der Waals surface area contributed by atoms with Crippen LogP contribution in [0.3, 0.4) is 0 Å². The average Bonchev–Trinajstić information content (AvgIpc) is 2.81. The fourth-order valence-corrected chi connectivity index (χ4v) is 3.51. The first kappa shape index (κ1) is 19.9. The van der Waals surface area contributed by atoms with Crippen LogP contribution in [0.2, 0.25) is 5.02 Å². The fraction of sp³-hybridized carbons (Fsp3) is 0.0385. The highest BCUT2D eigenvalue weighted by Crippen LogP contribution is 2.31. The highest BCUT2D eigenvalue weighted by molar-refractivity contribution is 6.30. The van der Waals surface area contributed by atoms with Gasteiger partial charge in [-0.25, -0.2) is 0 Å². The predicted molar refractivity (Wildman–Crippen MR) is 122 cm³/mol. The van der Waals surface area contributed by atoms with Crippen molar-refractivity contribution in [1.29, 1.82) is 0 Å². The molecule has 0 bridgehead atoms. The Balaban J connectivity index is 1.58. The van der Waals surface area contributed by atoms with Crippen molar-refractivity contribution in [3.63, 3.8) is 0 Å². The molecule has 0 fully saturated rings. The molecule has 0 aromatic heterocycles. The second-order valence-corrected chi connectivity index (χ2v) is 7.38. The van der Waals surface area contributed by atoms with Gasteiger partial charge in [-0.15, -0.1) is 0 Å². The number of halogens is 1. The number of aliphatic hydroxyl groups is 1. The smallest absolute Gasteiger partial charge is 0.255 e. The number of amides is 1. The third-order valence-corrected chi connectivity index (χ3v) is 5.16. The lowest BCUT2D eigenvalue weighted by molar-refractivity contribution is 0.102. The molecule has 4 rings (SSSR count). The monoisotopic (exact) mass is 413 g/mol. The van der Waals surface area contributed by atoms with E-state index in [0.29, 0.717) is 21.8 Å². The Morgan fingerprint density at radius 2 is 1.37 bits per heavy atom. The minimum atomic E-state index is -0.902. The van der Waals surface area contributed by atoms with Crippen LogP contribution in [0.25, 0.3) is 11.1 Å². The zero-order valence-electron chi connectivity index (χ0n) is 16.1. The normalized spacial score (nSPS) is 11.7. The van der Waals surface area contributed by atoms with E-state index in [0.717, 1.165) is 16.7 Å². The van der Waals surface area contributed by atoms with Crippen LogP contribution in [0, 0.1) is 0 Å². The van der Waals surface area contributed by atoms with Gasteiger partial charge in [0.25, 0.3) is 5.91 Å². The van der Waals surface area contributed by atoms with Gasteiger partial charge in [0.2, 0.25) is 0 Å².